The van der Waals surface area contributed by atoms with Crippen LogP contribution in [0.15, 0.2) is 6.20 Å². The highest BCUT2D eigenvalue weighted by atomic mass is 16.5. The van der Waals surface area contributed by atoms with Crippen molar-refractivity contribution in [3.8, 4) is 0 Å². The molecular weight excluding hydrogens is 190 g/mol. The van der Waals surface area contributed by atoms with Gasteiger partial charge in [-0.1, -0.05) is 6.42 Å². The van der Waals surface area contributed by atoms with E-state index in [1.54, 1.807) is 0 Å². The molecule has 1 unspecified atom stereocenters. The molecule has 0 radical (unpaired) electrons. The molecule has 3 rings (SSSR count). The number of hydrogen-bond donors (Lipinski definition) is 2. The van der Waals surface area contributed by atoms with E-state index < -0.39 is 0 Å². The molecule has 1 aliphatic heterocycles. The fourth-order valence-corrected chi connectivity index (χ4v) is 2.17. The van der Waals surface area contributed by atoms with Gasteiger partial charge in [0.1, 0.15) is 11.9 Å². The van der Waals surface area contributed by atoms with Gasteiger partial charge in [-0.2, -0.15) is 0 Å². The van der Waals surface area contributed by atoms with Crippen LogP contribution in [-0.4, -0.2) is 29.7 Å². The average molecular weight is 207 g/mol. The van der Waals surface area contributed by atoms with Gasteiger partial charge in [-0.05, 0) is 12.8 Å². The molecule has 1 aromatic heterocycles. The summed E-state index contributed by atoms with van der Waals surface area (Å²) in [7, 11) is 0. The van der Waals surface area contributed by atoms with E-state index in [-0.39, 0.29) is 6.10 Å². The van der Waals surface area contributed by atoms with Gasteiger partial charge in [-0.15, -0.1) is 0 Å². The molecule has 1 saturated heterocycles. The van der Waals surface area contributed by atoms with E-state index in [0.717, 1.165) is 31.2 Å². The lowest BCUT2D eigenvalue weighted by Crippen LogP contribution is -2.33. The molecule has 82 valence electrons. The van der Waals surface area contributed by atoms with Crippen LogP contribution in [0.25, 0.3) is 0 Å². The number of nitrogens with zero attached hydrogens (tertiary/aromatic N) is 1. The van der Waals surface area contributed by atoms with Crippen LogP contribution in [0, 0.1) is 0 Å². The lowest BCUT2D eigenvalue weighted by atomic mass is 9.85. The zero-order valence-corrected chi connectivity index (χ0v) is 8.83. The third kappa shape index (κ3) is 1.79. The molecule has 2 heterocycles. The normalized spacial score (nSPS) is 27.6. The van der Waals surface area contributed by atoms with Gasteiger partial charge in [-0.3, -0.25) is 0 Å². The maximum atomic E-state index is 5.67. The Morgan fingerprint density at radius 1 is 1.40 bits per heavy atom. The standard InChI is InChI=1S/C11H17N3O/c1-2-8(3-1)11-13-6-9(14-11)10-7-12-4-5-15-10/h6,8,10,12H,1-5,7H2,(H,13,14). The van der Waals surface area contributed by atoms with Crippen molar-refractivity contribution in [2.75, 3.05) is 19.7 Å². The Bertz CT molecular complexity index is 326. The predicted molar refractivity (Wildman–Crippen MR) is 56.7 cm³/mol. The molecule has 1 atom stereocenters. The van der Waals surface area contributed by atoms with E-state index in [2.05, 4.69) is 15.3 Å². The SMILES string of the molecule is c1nc(C2CCC2)[nH]c1C1CNCCO1. The van der Waals surface area contributed by atoms with E-state index in [9.17, 15) is 0 Å². The molecule has 2 N–H and O–H groups in total. The lowest BCUT2D eigenvalue weighted by molar-refractivity contribution is 0.0252. The summed E-state index contributed by atoms with van der Waals surface area (Å²) >= 11 is 0. The lowest BCUT2D eigenvalue weighted by Gasteiger charge is -2.24. The van der Waals surface area contributed by atoms with Gasteiger partial charge in [0, 0.05) is 19.0 Å². The van der Waals surface area contributed by atoms with E-state index in [1.807, 2.05) is 6.20 Å². The summed E-state index contributed by atoms with van der Waals surface area (Å²) in [5.41, 5.74) is 1.13. The van der Waals surface area contributed by atoms with Gasteiger partial charge >= 0.3 is 0 Å². The molecular formula is C11H17N3O. The third-order valence-corrected chi connectivity index (χ3v) is 3.38. The topological polar surface area (TPSA) is 49.9 Å². The highest BCUT2D eigenvalue weighted by Gasteiger charge is 2.24. The first-order valence-corrected chi connectivity index (χ1v) is 5.80. The summed E-state index contributed by atoms with van der Waals surface area (Å²) in [6.07, 6.45) is 6.03. The van der Waals surface area contributed by atoms with Gasteiger partial charge in [0.2, 0.25) is 0 Å². The predicted octanol–water partition coefficient (Wildman–Crippen LogP) is 1.34. The van der Waals surface area contributed by atoms with Crippen molar-refractivity contribution in [1.29, 1.82) is 0 Å². The smallest absolute Gasteiger partial charge is 0.111 e. The first-order valence-electron chi connectivity index (χ1n) is 5.80. The van der Waals surface area contributed by atoms with Crippen molar-refractivity contribution in [2.45, 2.75) is 31.3 Å². The van der Waals surface area contributed by atoms with Crippen molar-refractivity contribution in [1.82, 2.24) is 15.3 Å². The van der Waals surface area contributed by atoms with E-state index in [1.165, 1.54) is 19.3 Å². The number of rotatable bonds is 2. The molecule has 4 nitrogen and oxygen atoms in total. The van der Waals surface area contributed by atoms with Crippen molar-refractivity contribution < 1.29 is 4.74 Å². The number of imidazole rings is 1. The van der Waals surface area contributed by atoms with Gasteiger partial charge in [0.15, 0.2) is 0 Å². The van der Waals surface area contributed by atoms with Gasteiger partial charge in [0.05, 0.1) is 18.5 Å². The molecule has 0 spiro atoms. The second-order valence-corrected chi connectivity index (χ2v) is 4.42. The molecule has 1 aromatic rings. The van der Waals surface area contributed by atoms with Crippen molar-refractivity contribution in [3.63, 3.8) is 0 Å². The Morgan fingerprint density at radius 3 is 3.00 bits per heavy atom. The summed E-state index contributed by atoms with van der Waals surface area (Å²) in [4.78, 5) is 7.86. The monoisotopic (exact) mass is 207 g/mol. The Labute approximate surface area is 89.4 Å². The van der Waals surface area contributed by atoms with Crippen molar-refractivity contribution >= 4 is 0 Å². The number of ether oxygens (including phenoxy) is 1. The second-order valence-electron chi connectivity index (χ2n) is 4.42. The van der Waals surface area contributed by atoms with Crippen LogP contribution < -0.4 is 5.32 Å². The minimum absolute atomic E-state index is 0.167. The molecule has 1 saturated carbocycles. The van der Waals surface area contributed by atoms with E-state index >= 15 is 0 Å². The highest BCUT2D eigenvalue weighted by Crippen LogP contribution is 2.35. The number of hydrogen-bond acceptors (Lipinski definition) is 3. The Hall–Kier alpha value is -0.870. The molecule has 4 heteroatoms. The maximum absolute atomic E-state index is 5.67. The molecule has 1 aliphatic carbocycles. The summed E-state index contributed by atoms with van der Waals surface area (Å²) in [5.74, 6) is 1.83. The van der Waals surface area contributed by atoms with Crippen LogP contribution in [0.1, 0.15) is 42.8 Å². The molecule has 0 aromatic carbocycles. The van der Waals surface area contributed by atoms with Crippen LogP contribution in [0.3, 0.4) is 0 Å². The Balaban J connectivity index is 1.71. The maximum Gasteiger partial charge on any atom is 0.111 e. The number of aromatic amines is 1. The third-order valence-electron chi connectivity index (χ3n) is 3.38. The average Bonchev–Trinajstić information content (AvgIpc) is 2.66. The molecule has 2 aliphatic rings. The summed E-state index contributed by atoms with van der Waals surface area (Å²) < 4.78 is 5.67. The number of morpholine rings is 1. The van der Waals surface area contributed by atoms with Crippen molar-refractivity contribution in [3.05, 3.63) is 17.7 Å². The zero-order valence-electron chi connectivity index (χ0n) is 8.83. The quantitative estimate of drug-likeness (QED) is 0.769. The summed E-state index contributed by atoms with van der Waals surface area (Å²) in [6.45, 7) is 2.65. The minimum Gasteiger partial charge on any atom is -0.369 e. The highest BCUT2D eigenvalue weighted by molar-refractivity contribution is 5.11. The zero-order chi connectivity index (χ0) is 10.1. The Morgan fingerprint density at radius 2 is 2.33 bits per heavy atom. The van der Waals surface area contributed by atoms with Crippen LogP contribution in [0.5, 0.6) is 0 Å². The Kier molecular flexibility index (Phi) is 2.46. The van der Waals surface area contributed by atoms with E-state index in [0.29, 0.717) is 5.92 Å². The molecule has 0 amide bonds. The van der Waals surface area contributed by atoms with Crippen LogP contribution in [0.2, 0.25) is 0 Å². The fourth-order valence-electron chi connectivity index (χ4n) is 2.17. The molecule has 0 bridgehead atoms. The largest absolute Gasteiger partial charge is 0.369 e. The van der Waals surface area contributed by atoms with Crippen molar-refractivity contribution in [2.24, 2.45) is 0 Å². The summed E-state index contributed by atoms with van der Waals surface area (Å²) in [5, 5.41) is 3.33. The van der Waals surface area contributed by atoms with Crippen LogP contribution in [0.4, 0.5) is 0 Å². The minimum atomic E-state index is 0.167. The number of H-pyrrole nitrogens is 1. The number of nitrogens with one attached hydrogen (secondary N) is 2. The molecule has 2 fully saturated rings. The van der Waals surface area contributed by atoms with Gasteiger partial charge in [-0.25, -0.2) is 4.98 Å². The molecule has 15 heavy (non-hydrogen) atoms. The first kappa shape index (κ1) is 9.36. The second kappa shape index (κ2) is 3.94. The van der Waals surface area contributed by atoms with Crippen LogP contribution >= 0.6 is 0 Å². The number of aromatic nitrogens is 2. The fraction of sp³-hybridized carbons (Fsp3) is 0.727. The first-order chi connectivity index (χ1) is 7.43. The van der Waals surface area contributed by atoms with Gasteiger partial charge in [0.25, 0.3) is 0 Å². The van der Waals surface area contributed by atoms with Gasteiger partial charge < -0.3 is 15.0 Å². The summed E-state index contributed by atoms with van der Waals surface area (Å²) in [6, 6.07) is 0. The van der Waals surface area contributed by atoms with Crippen LogP contribution in [-0.2, 0) is 4.74 Å². The van der Waals surface area contributed by atoms with E-state index in [4.69, 9.17) is 4.74 Å².